The molecule has 2 heterocycles. The Hall–Kier alpha value is -2.32. The van der Waals surface area contributed by atoms with Gasteiger partial charge in [-0.1, -0.05) is 23.7 Å². The largest absolute Gasteiger partial charge is 0.305 e. The number of hydrogen-bond donors (Lipinski definition) is 2. The van der Waals surface area contributed by atoms with E-state index in [1.54, 1.807) is 0 Å². The van der Waals surface area contributed by atoms with E-state index in [1.165, 1.54) is 0 Å². The minimum atomic E-state index is 0.382. The molecule has 21 heavy (non-hydrogen) atoms. The van der Waals surface area contributed by atoms with Crippen LogP contribution in [-0.2, 0) is 6.54 Å². The van der Waals surface area contributed by atoms with Crippen LogP contribution in [-0.4, -0.2) is 55.0 Å². The molecule has 3 rings (SSSR count). The molecule has 0 amide bonds. The van der Waals surface area contributed by atoms with Crippen LogP contribution in [0.15, 0.2) is 18.2 Å². The van der Waals surface area contributed by atoms with Gasteiger partial charge >= 0.3 is 0 Å². The number of tetrazole rings is 1. The lowest BCUT2D eigenvalue weighted by Crippen LogP contribution is -2.10. The first-order valence-electron chi connectivity index (χ1n) is 6.23. The monoisotopic (exact) mass is 304 g/mol. The highest BCUT2D eigenvalue weighted by atomic mass is 35.5. The van der Waals surface area contributed by atoms with Gasteiger partial charge in [0.25, 0.3) is 0 Å². The maximum absolute atomic E-state index is 6.33. The molecule has 0 aliphatic heterocycles. The van der Waals surface area contributed by atoms with Gasteiger partial charge in [0, 0.05) is 17.1 Å². The van der Waals surface area contributed by atoms with Gasteiger partial charge in [-0.3, -0.25) is 0 Å². The molecule has 0 spiro atoms. The highest BCUT2D eigenvalue weighted by Gasteiger charge is 2.17. The zero-order chi connectivity index (χ0) is 14.8. The topological polar surface area (TPSA) is 99.3 Å². The summed E-state index contributed by atoms with van der Waals surface area (Å²) >= 11 is 6.33. The Labute approximate surface area is 125 Å². The molecule has 0 unspecified atom stereocenters. The van der Waals surface area contributed by atoms with Gasteiger partial charge in [-0.25, -0.2) is 0 Å². The third kappa shape index (κ3) is 2.76. The van der Waals surface area contributed by atoms with Crippen molar-refractivity contribution < 1.29 is 0 Å². The van der Waals surface area contributed by atoms with E-state index < -0.39 is 0 Å². The third-order valence-corrected chi connectivity index (χ3v) is 3.27. The van der Waals surface area contributed by atoms with Crippen molar-refractivity contribution in [3.8, 4) is 22.8 Å². The number of halogens is 1. The molecule has 3 aromatic rings. The van der Waals surface area contributed by atoms with Crippen molar-refractivity contribution in [2.45, 2.75) is 6.54 Å². The van der Waals surface area contributed by atoms with Crippen molar-refractivity contribution in [2.75, 3.05) is 14.1 Å². The van der Waals surface area contributed by atoms with Crippen LogP contribution in [0.3, 0.4) is 0 Å². The third-order valence-electron chi connectivity index (χ3n) is 2.92. The summed E-state index contributed by atoms with van der Waals surface area (Å²) in [7, 11) is 3.99. The average Bonchev–Trinajstić information content (AvgIpc) is 3.09. The van der Waals surface area contributed by atoms with Crippen LogP contribution >= 0.6 is 11.6 Å². The Morgan fingerprint density at radius 3 is 2.57 bits per heavy atom. The fourth-order valence-electron chi connectivity index (χ4n) is 2.01. The Bertz CT molecular complexity index is 734. The van der Waals surface area contributed by atoms with E-state index >= 15 is 0 Å². The van der Waals surface area contributed by atoms with E-state index in [0.717, 1.165) is 17.7 Å². The summed E-state index contributed by atoms with van der Waals surface area (Å²) in [4.78, 5) is 2.06. The van der Waals surface area contributed by atoms with E-state index in [0.29, 0.717) is 22.2 Å². The van der Waals surface area contributed by atoms with Crippen LogP contribution in [0, 0.1) is 0 Å². The van der Waals surface area contributed by atoms with Crippen molar-refractivity contribution in [1.82, 2.24) is 40.9 Å². The molecule has 0 fully saturated rings. The van der Waals surface area contributed by atoms with Gasteiger partial charge in [0.2, 0.25) is 5.82 Å². The van der Waals surface area contributed by atoms with Crippen molar-refractivity contribution in [3.63, 3.8) is 0 Å². The fraction of sp³-hybridized carbons (Fsp3) is 0.250. The molecule has 8 nitrogen and oxygen atoms in total. The molecule has 0 radical (unpaired) electrons. The first-order chi connectivity index (χ1) is 10.1. The van der Waals surface area contributed by atoms with Crippen LogP contribution in [0.5, 0.6) is 0 Å². The molecule has 0 aliphatic carbocycles. The van der Waals surface area contributed by atoms with Crippen molar-refractivity contribution in [1.29, 1.82) is 0 Å². The van der Waals surface area contributed by atoms with Gasteiger partial charge in [-0.05, 0) is 30.9 Å². The highest BCUT2D eigenvalue weighted by molar-refractivity contribution is 6.31. The van der Waals surface area contributed by atoms with Crippen LogP contribution in [0.25, 0.3) is 22.8 Å². The Morgan fingerprint density at radius 1 is 1.10 bits per heavy atom. The van der Waals surface area contributed by atoms with Crippen LogP contribution in [0.2, 0.25) is 5.02 Å². The lowest BCUT2D eigenvalue weighted by molar-refractivity contribution is 0.402. The maximum atomic E-state index is 6.33. The highest BCUT2D eigenvalue weighted by Crippen LogP contribution is 2.29. The molecule has 0 saturated carbocycles. The van der Waals surface area contributed by atoms with Crippen molar-refractivity contribution in [2.24, 2.45) is 0 Å². The first-order valence-corrected chi connectivity index (χ1v) is 6.61. The smallest absolute Gasteiger partial charge is 0.227 e. The average molecular weight is 305 g/mol. The summed E-state index contributed by atoms with van der Waals surface area (Å²) in [6.45, 7) is 0.773. The normalized spacial score (nSPS) is 11.2. The lowest BCUT2D eigenvalue weighted by atomic mass is 10.1. The minimum Gasteiger partial charge on any atom is -0.305 e. The number of nitrogens with zero attached hydrogens (tertiary/aromatic N) is 6. The zero-order valence-electron chi connectivity index (χ0n) is 11.5. The van der Waals surface area contributed by atoms with E-state index in [1.807, 2.05) is 32.3 Å². The molecule has 1 aromatic carbocycles. The van der Waals surface area contributed by atoms with Gasteiger partial charge in [0.1, 0.15) is 5.69 Å². The van der Waals surface area contributed by atoms with Gasteiger partial charge in [0.15, 0.2) is 5.69 Å². The lowest BCUT2D eigenvalue weighted by Gasteiger charge is -2.11. The molecular formula is C12H13ClN8. The number of benzene rings is 1. The predicted molar refractivity (Wildman–Crippen MR) is 77.4 cm³/mol. The Morgan fingerprint density at radius 2 is 1.90 bits per heavy atom. The standard InChI is InChI=1S/C12H13ClN8/c1-21(2)6-8-4-3-7(5-9(8)13)10-11(15-18-14-10)12-16-19-20-17-12/h3-5H,6H2,1-2H3,(H,14,15,18)(H,16,17,19,20). The summed E-state index contributed by atoms with van der Waals surface area (Å²) in [6.07, 6.45) is 0. The molecule has 108 valence electrons. The van der Waals surface area contributed by atoms with Crippen molar-refractivity contribution in [3.05, 3.63) is 28.8 Å². The number of rotatable bonds is 4. The fourth-order valence-corrected chi connectivity index (χ4v) is 2.25. The van der Waals surface area contributed by atoms with Gasteiger partial charge in [-0.2, -0.15) is 20.6 Å². The summed E-state index contributed by atoms with van der Waals surface area (Å²) in [6, 6.07) is 5.79. The second-order valence-corrected chi connectivity index (χ2v) is 5.21. The number of nitrogens with one attached hydrogen (secondary N) is 2. The second-order valence-electron chi connectivity index (χ2n) is 4.80. The molecule has 0 atom stereocenters. The first kappa shape index (κ1) is 13.7. The van der Waals surface area contributed by atoms with Crippen molar-refractivity contribution >= 4 is 11.6 Å². The minimum absolute atomic E-state index is 0.382. The predicted octanol–water partition coefficient (Wildman–Crippen LogP) is 1.37. The van der Waals surface area contributed by atoms with Gasteiger partial charge < -0.3 is 4.90 Å². The van der Waals surface area contributed by atoms with Gasteiger partial charge in [0.05, 0.1) is 0 Å². The van der Waals surface area contributed by atoms with E-state index in [2.05, 4.69) is 40.9 Å². The Balaban J connectivity index is 1.99. The molecule has 9 heteroatoms. The summed E-state index contributed by atoms with van der Waals surface area (Å²) in [5.41, 5.74) is 3.06. The zero-order valence-corrected chi connectivity index (χ0v) is 12.3. The van der Waals surface area contributed by atoms with E-state index in [4.69, 9.17) is 11.6 Å². The Kier molecular flexibility index (Phi) is 3.63. The molecule has 2 aromatic heterocycles. The number of aromatic nitrogens is 7. The number of aromatic amines is 2. The van der Waals surface area contributed by atoms with Gasteiger partial charge in [-0.15, -0.1) is 10.2 Å². The summed E-state index contributed by atoms with van der Waals surface area (Å²) < 4.78 is 0. The van der Waals surface area contributed by atoms with Crippen LogP contribution in [0.4, 0.5) is 0 Å². The van der Waals surface area contributed by atoms with E-state index in [9.17, 15) is 0 Å². The molecular weight excluding hydrogens is 292 g/mol. The quantitative estimate of drug-likeness (QED) is 0.755. The SMILES string of the molecule is CN(C)Cc1ccc(-c2n[nH]nc2-c2nn[nH]n2)cc1Cl. The number of hydrogen-bond acceptors (Lipinski definition) is 6. The molecule has 0 aliphatic rings. The molecule has 2 N–H and O–H groups in total. The van der Waals surface area contributed by atoms with Crippen LogP contribution < -0.4 is 0 Å². The van der Waals surface area contributed by atoms with E-state index in [-0.39, 0.29) is 0 Å². The summed E-state index contributed by atoms with van der Waals surface area (Å²) in [5.74, 6) is 0.382. The second kappa shape index (κ2) is 5.58. The van der Waals surface area contributed by atoms with Crippen LogP contribution in [0.1, 0.15) is 5.56 Å². The molecule has 0 bridgehead atoms. The molecule has 0 saturated heterocycles. The maximum Gasteiger partial charge on any atom is 0.227 e. The summed E-state index contributed by atoms with van der Waals surface area (Å²) in [5, 5.41) is 25.2. The number of H-pyrrole nitrogens is 2.